The molecule has 2 saturated heterocycles. The van der Waals surface area contributed by atoms with Crippen LogP contribution in [0.25, 0.3) is 0 Å². The number of benzene rings is 1. The lowest BCUT2D eigenvalue weighted by Gasteiger charge is -2.33. The average Bonchev–Trinajstić information content (AvgIpc) is 2.93. The molecule has 1 amide bonds. The lowest BCUT2D eigenvalue weighted by atomic mass is 9.89. The van der Waals surface area contributed by atoms with E-state index in [4.69, 9.17) is 0 Å². The van der Waals surface area contributed by atoms with Gasteiger partial charge in [0.25, 0.3) is 0 Å². The number of hydrogen-bond donors (Lipinski definition) is 1. The molecule has 7 heteroatoms. The lowest BCUT2D eigenvalue weighted by Crippen LogP contribution is -2.41. The first-order valence-corrected chi connectivity index (χ1v) is 9.50. The SMILES string of the molecule is CCN(C(=O)CC1CC2CCC(C1)N2)C(C)c1cccc(C(F)(F)F)c1.Cl. The number of rotatable bonds is 5. The van der Waals surface area contributed by atoms with E-state index in [0.717, 1.165) is 25.0 Å². The van der Waals surface area contributed by atoms with E-state index in [2.05, 4.69) is 5.32 Å². The number of halogens is 4. The van der Waals surface area contributed by atoms with Crippen molar-refractivity contribution in [2.45, 2.75) is 70.3 Å². The van der Waals surface area contributed by atoms with Crippen LogP contribution in [0, 0.1) is 5.92 Å². The molecule has 0 aromatic heterocycles. The molecule has 1 aromatic rings. The highest BCUT2D eigenvalue weighted by atomic mass is 35.5. The summed E-state index contributed by atoms with van der Waals surface area (Å²) in [5, 5.41) is 3.57. The molecule has 2 aliphatic heterocycles. The van der Waals surface area contributed by atoms with Gasteiger partial charge >= 0.3 is 6.18 Å². The van der Waals surface area contributed by atoms with Crippen LogP contribution >= 0.6 is 12.4 Å². The third-order valence-electron chi connectivity index (χ3n) is 5.86. The Hall–Kier alpha value is -1.27. The van der Waals surface area contributed by atoms with E-state index in [1.165, 1.54) is 18.9 Å². The molecule has 0 aliphatic carbocycles. The summed E-state index contributed by atoms with van der Waals surface area (Å²) in [7, 11) is 0. The third kappa shape index (κ3) is 5.17. The predicted octanol–water partition coefficient (Wildman–Crippen LogP) is 4.96. The summed E-state index contributed by atoms with van der Waals surface area (Å²) in [6.45, 7) is 4.19. The Morgan fingerprint density at radius 3 is 2.44 bits per heavy atom. The standard InChI is InChI=1S/C20H27F3N2O.ClH/c1-3-25(13(2)15-5-4-6-16(12-15)20(21,22)23)19(26)11-14-9-17-7-8-18(10-14)24-17;/h4-6,12-14,17-18,24H,3,7-11H2,1-2H3;1H. The molecule has 2 heterocycles. The first-order valence-electron chi connectivity index (χ1n) is 9.50. The van der Waals surface area contributed by atoms with Crippen molar-refractivity contribution < 1.29 is 18.0 Å². The number of amides is 1. The molecule has 152 valence electrons. The summed E-state index contributed by atoms with van der Waals surface area (Å²) < 4.78 is 38.9. The van der Waals surface area contributed by atoms with E-state index in [-0.39, 0.29) is 24.4 Å². The van der Waals surface area contributed by atoms with Crippen molar-refractivity contribution in [2.75, 3.05) is 6.54 Å². The topological polar surface area (TPSA) is 32.3 Å². The first kappa shape index (κ1) is 22.0. The van der Waals surface area contributed by atoms with Crippen LogP contribution in [0.2, 0.25) is 0 Å². The van der Waals surface area contributed by atoms with E-state index in [9.17, 15) is 18.0 Å². The summed E-state index contributed by atoms with van der Waals surface area (Å²) in [6.07, 6.45) is 0.549. The molecule has 1 N–H and O–H groups in total. The molecular formula is C20H28ClF3N2O. The fourth-order valence-corrected chi connectivity index (χ4v) is 4.53. The smallest absolute Gasteiger partial charge is 0.336 e. The molecule has 0 radical (unpaired) electrons. The number of nitrogens with zero attached hydrogens (tertiary/aromatic N) is 1. The minimum Gasteiger partial charge on any atom is -0.336 e. The summed E-state index contributed by atoms with van der Waals surface area (Å²) in [4.78, 5) is 14.6. The van der Waals surface area contributed by atoms with Crippen molar-refractivity contribution in [1.29, 1.82) is 0 Å². The second-order valence-electron chi connectivity index (χ2n) is 7.66. The Balaban J connectivity index is 0.00000261. The van der Waals surface area contributed by atoms with Crippen LogP contribution in [0.1, 0.15) is 63.1 Å². The molecule has 27 heavy (non-hydrogen) atoms. The van der Waals surface area contributed by atoms with Gasteiger partial charge in [0.15, 0.2) is 0 Å². The van der Waals surface area contributed by atoms with Crippen LogP contribution in [0.4, 0.5) is 13.2 Å². The molecule has 2 aliphatic rings. The van der Waals surface area contributed by atoms with E-state index >= 15 is 0 Å². The number of hydrogen-bond acceptors (Lipinski definition) is 2. The highest BCUT2D eigenvalue weighted by Crippen LogP contribution is 2.35. The average molecular weight is 405 g/mol. The molecule has 0 spiro atoms. The van der Waals surface area contributed by atoms with Gasteiger partial charge in [0.05, 0.1) is 11.6 Å². The van der Waals surface area contributed by atoms with Crippen LogP contribution in [0.5, 0.6) is 0 Å². The molecule has 3 atom stereocenters. The van der Waals surface area contributed by atoms with Gasteiger partial charge in [-0.1, -0.05) is 12.1 Å². The highest BCUT2D eigenvalue weighted by molar-refractivity contribution is 5.85. The Morgan fingerprint density at radius 2 is 1.89 bits per heavy atom. The fraction of sp³-hybridized carbons (Fsp3) is 0.650. The summed E-state index contributed by atoms with van der Waals surface area (Å²) in [5.41, 5.74) is -0.138. The van der Waals surface area contributed by atoms with E-state index in [1.54, 1.807) is 11.0 Å². The van der Waals surface area contributed by atoms with Crippen LogP contribution in [0.15, 0.2) is 24.3 Å². The van der Waals surface area contributed by atoms with Crippen LogP contribution in [0.3, 0.4) is 0 Å². The van der Waals surface area contributed by atoms with Gasteiger partial charge < -0.3 is 10.2 Å². The molecule has 0 saturated carbocycles. The molecule has 2 fully saturated rings. The number of carbonyl (C=O) groups excluding carboxylic acids is 1. The molecule has 3 nitrogen and oxygen atoms in total. The van der Waals surface area contributed by atoms with Gasteiger partial charge in [-0.25, -0.2) is 0 Å². The maximum absolute atomic E-state index is 13.0. The molecule has 3 unspecified atom stereocenters. The largest absolute Gasteiger partial charge is 0.416 e. The maximum atomic E-state index is 13.0. The monoisotopic (exact) mass is 404 g/mol. The Kier molecular flexibility index (Phi) is 7.20. The van der Waals surface area contributed by atoms with E-state index < -0.39 is 11.7 Å². The Morgan fingerprint density at radius 1 is 1.26 bits per heavy atom. The quantitative estimate of drug-likeness (QED) is 0.752. The van der Waals surface area contributed by atoms with Gasteiger partial charge in [-0.2, -0.15) is 13.2 Å². The first-order chi connectivity index (χ1) is 12.3. The zero-order chi connectivity index (χ0) is 18.9. The lowest BCUT2D eigenvalue weighted by molar-refractivity contribution is -0.137. The number of alkyl halides is 3. The summed E-state index contributed by atoms with van der Waals surface area (Å²) >= 11 is 0. The number of carbonyl (C=O) groups is 1. The van der Waals surface area contributed by atoms with Crippen LogP contribution < -0.4 is 5.32 Å². The van der Waals surface area contributed by atoms with Crippen molar-refractivity contribution in [3.63, 3.8) is 0 Å². The van der Waals surface area contributed by atoms with Gasteiger partial charge in [0.2, 0.25) is 5.91 Å². The highest BCUT2D eigenvalue weighted by Gasteiger charge is 2.35. The van der Waals surface area contributed by atoms with Crippen molar-refractivity contribution in [3.05, 3.63) is 35.4 Å². The fourth-order valence-electron chi connectivity index (χ4n) is 4.53. The van der Waals surface area contributed by atoms with E-state index in [0.29, 0.717) is 36.5 Å². The van der Waals surface area contributed by atoms with Gasteiger partial charge in [0.1, 0.15) is 0 Å². The van der Waals surface area contributed by atoms with Crippen LogP contribution in [-0.4, -0.2) is 29.4 Å². The van der Waals surface area contributed by atoms with Gasteiger partial charge in [0, 0.05) is 25.0 Å². The molecule has 1 aromatic carbocycles. The van der Waals surface area contributed by atoms with Crippen LogP contribution in [-0.2, 0) is 11.0 Å². The predicted molar refractivity (Wildman–Crippen MR) is 102 cm³/mol. The van der Waals surface area contributed by atoms with Gasteiger partial charge in [-0.05, 0) is 63.1 Å². The summed E-state index contributed by atoms with van der Waals surface area (Å²) in [6, 6.07) is 6.00. The van der Waals surface area contributed by atoms with Crippen molar-refractivity contribution in [1.82, 2.24) is 10.2 Å². The van der Waals surface area contributed by atoms with Crippen molar-refractivity contribution in [2.24, 2.45) is 5.92 Å². The zero-order valence-corrected chi connectivity index (χ0v) is 16.6. The van der Waals surface area contributed by atoms with Crippen molar-refractivity contribution in [3.8, 4) is 0 Å². The Bertz CT molecular complexity index is 640. The van der Waals surface area contributed by atoms with Crippen molar-refractivity contribution >= 4 is 18.3 Å². The zero-order valence-electron chi connectivity index (χ0n) is 15.8. The normalized spacial score (nSPS) is 25.6. The third-order valence-corrected chi connectivity index (χ3v) is 5.86. The molecule has 2 bridgehead atoms. The maximum Gasteiger partial charge on any atom is 0.416 e. The van der Waals surface area contributed by atoms with Gasteiger partial charge in [-0.3, -0.25) is 4.79 Å². The minimum atomic E-state index is -4.37. The number of fused-ring (bicyclic) bond motifs is 2. The van der Waals surface area contributed by atoms with Gasteiger partial charge in [-0.15, -0.1) is 12.4 Å². The van der Waals surface area contributed by atoms with E-state index in [1.807, 2.05) is 13.8 Å². The molecular weight excluding hydrogens is 377 g/mol. The minimum absolute atomic E-state index is 0. The second kappa shape index (κ2) is 8.82. The number of nitrogens with one attached hydrogen (secondary N) is 1. The summed E-state index contributed by atoms with van der Waals surface area (Å²) in [5.74, 6) is 0.424. The molecule has 3 rings (SSSR count). The Labute approximate surface area is 165 Å². The second-order valence-corrected chi connectivity index (χ2v) is 7.66. The number of piperidine rings is 1.